The summed E-state index contributed by atoms with van der Waals surface area (Å²) in [6.45, 7) is 3.55. The molecule has 6 nitrogen and oxygen atoms in total. The third-order valence-corrected chi connectivity index (χ3v) is 5.55. The van der Waals surface area contributed by atoms with Crippen molar-refractivity contribution in [2.75, 3.05) is 0 Å². The van der Waals surface area contributed by atoms with Crippen molar-refractivity contribution in [3.05, 3.63) is 88.3 Å². The van der Waals surface area contributed by atoms with Crippen molar-refractivity contribution in [1.29, 1.82) is 0 Å². The number of aromatic amines is 1. The zero-order valence-corrected chi connectivity index (χ0v) is 16.7. The van der Waals surface area contributed by atoms with E-state index in [1.807, 2.05) is 36.4 Å². The molecule has 0 amide bonds. The Morgan fingerprint density at radius 3 is 2.90 bits per heavy atom. The SMILES string of the molecule is Cc1cccc(-c2noc([C@@H]3Cc4nc[nH]c4CN3Cc3ccc(Cl)cc3)n2)c1. The molecule has 1 aliphatic heterocycles. The number of hydrogen-bond donors (Lipinski definition) is 1. The summed E-state index contributed by atoms with van der Waals surface area (Å²) in [6.07, 6.45) is 2.47. The van der Waals surface area contributed by atoms with Gasteiger partial charge in [0.05, 0.1) is 23.8 Å². The van der Waals surface area contributed by atoms with Crippen molar-refractivity contribution >= 4 is 11.6 Å². The summed E-state index contributed by atoms with van der Waals surface area (Å²) in [5.74, 6) is 1.23. The van der Waals surface area contributed by atoms with Gasteiger partial charge in [-0.2, -0.15) is 4.98 Å². The van der Waals surface area contributed by atoms with Gasteiger partial charge in [-0.1, -0.05) is 52.7 Å². The van der Waals surface area contributed by atoms with E-state index in [2.05, 4.69) is 39.1 Å². The molecule has 3 heterocycles. The second-order valence-corrected chi connectivity index (χ2v) is 7.84. The standard InChI is InChI=1S/C22H20ClN5O/c1-14-3-2-4-16(9-14)21-26-22(29-27-21)20-10-18-19(25-13-24-18)12-28(20)11-15-5-7-17(23)8-6-15/h2-9,13,20H,10-12H2,1H3,(H,24,25)/t20-/m0/s1. The predicted octanol–water partition coefficient (Wildman–Crippen LogP) is 4.72. The van der Waals surface area contributed by atoms with Crippen LogP contribution in [0.4, 0.5) is 0 Å². The van der Waals surface area contributed by atoms with E-state index in [-0.39, 0.29) is 6.04 Å². The fraction of sp³-hybridized carbons (Fsp3) is 0.227. The van der Waals surface area contributed by atoms with Crippen molar-refractivity contribution in [2.45, 2.75) is 32.5 Å². The molecule has 0 fully saturated rings. The lowest BCUT2D eigenvalue weighted by atomic mass is 10.0. The van der Waals surface area contributed by atoms with Crippen LogP contribution in [0.15, 0.2) is 59.4 Å². The topological polar surface area (TPSA) is 70.8 Å². The average molecular weight is 406 g/mol. The fourth-order valence-electron chi connectivity index (χ4n) is 3.79. The smallest absolute Gasteiger partial charge is 0.244 e. The van der Waals surface area contributed by atoms with Gasteiger partial charge in [-0.05, 0) is 30.7 Å². The summed E-state index contributed by atoms with van der Waals surface area (Å²) in [6, 6.07) is 16.0. The van der Waals surface area contributed by atoms with Crippen LogP contribution >= 0.6 is 11.6 Å². The van der Waals surface area contributed by atoms with Gasteiger partial charge >= 0.3 is 0 Å². The van der Waals surface area contributed by atoms with Crippen molar-refractivity contribution in [3.8, 4) is 11.4 Å². The molecule has 0 aliphatic carbocycles. The van der Waals surface area contributed by atoms with Gasteiger partial charge in [0.2, 0.25) is 11.7 Å². The monoisotopic (exact) mass is 405 g/mol. The fourth-order valence-corrected chi connectivity index (χ4v) is 3.92. The first-order chi connectivity index (χ1) is 14.2. The molecule has 1 N–H and O–H groups in total. The van der Waals surface area contributed by atoms with Gasteiger partial charge in [0.25, 0.3) is 0 Å². The number of halogens is 1. The van der Waals surface area contributed by atoms with Gasteiger partial charge in [-0.3, -0.25) is 4.90 Å². The number of aryl methyl sites for hydroxylation is 1. The van der Waals surface area contributed by atoms with Gasteiger partial charge < -0.3 is 9.51 Å². The summed E-state index contributed by atoms with van der Waals surface area (Å²) >= 11 is 6.04. The highest BCUT2D eigenvalue weighted by Gasteiger charge is 2.33. The van der Waals surface area contributed by atoms with Gasteiger partial charge in [0, 0.05) is 30.1 Å². The normalized spacial score (nSPS) is 16.7. The molecule has 5 rings (SSSR count). The second-order valence-electron chi connectivity index (χ2n) is 7.40. The lowest BCUT2D eigenvalue weighted by Gasteiger charge is -2.32. The minimum atomic E-state index is -0.0347. The third-order valence-electron chi connectivity index (χ3n) is 5.30. The number of benzene rings is 2. The zero-order chi connectivity index (χ0) is 19.8. The lowest BCUT2D eigenvalue weighted by molar-refractivity contribution is 0.128. The van der Waals surface area contributed by atoms with E-state index in [0.717, 1.165) is 47.0 Å². The molecule has 0 saturated carbocycles. The van der Waals surface area contributed by atoms with E-state index in [4.69, 9.17) is 21.1 Å². The highest BCUT2D eigenvalue weighted by molar-refractivity contribution is 6.30. The van der Waals surface area contributed by atoms with E-state index < -0.39 is 0 Å². The molecule has 0 spiro atoms. The van der Waals surface area contributed by atoms with E-state index in [1.165, 1.54) is 5.56 Å². The van der Waals surface area contributed by atoms with Crippen LogP contribution < -0.4 is 0 Å². The summed E-state index contributed by atoms with van der Waals surface area (Å²) in [4.78, 5) is 14.8. The van der Waals surface area contributed by atoms with Gasteiger partial charge in [-0.15, -0.1) is 0 Å². The maximum Gasteiger partial charge on any atom is 0.244 e. The van der Waals surface area contributed by atoms with Crippen LogP contribution in [0.25, 0.3) is 11.4 Å². The Balaban J connectivity index is 1.46. The van der Waals surface area contributed by atoms with Crippen LogP contribution in [-0.2, 0) is 19.5 Å². The molecule has 0 bridgehead atoms. The van der Waals surface area contributed by atoms with Gasteiger partial charge in [0.1, 0.15) is 0 Å². The summed E-state index contributed by atoms with van der Waals surface area (Å²) in [5.41, 5.74) is 5.49. The largest absolute Gasteiger partial charge is 0.347 e. The van der Waals surface area contributed by atoms with E-state index >= 15 is 0 Å². The van der Waals surface area contributed by atoms with Crippen LogP contribution in [0.5, 0.6) is 0 Å². The van der Waals surface area contributed by atoms with Crippen LogP contribution in [-0.4, -0.2) is 25.0 Å². The molecule has 2 aromatic heterocycles. The first-order valence-corrected chi connectivity index (χ1v) is 9.94. The first kappa shape index (κ1) is 18.1. The Morgan fingerprint density at radius 2 is 2.07 bits per heavy atom. The zero-order valence-electron chi connectivity index (χ0n) is 16.0. The number of fused-ring (bicyclic) bond motifs is 1. The number of nitrogens with one attached hydrogen (secondary N) is 1. The molecule has 146 valence electrons. The minimum Gasteiger partial charge on any atom is -0.347 e. The van der Waals surface area contributed by atoms with Gasteiger partial charge in [-0.25, -0.2) is 4.98 Å². The van der Waals surface area contributed by atoms with E-state index in [9.17, 15) is 0 Å². The van der Waals surface area contributed by atoms with Crippen molar-refractivity contribution in [3.63, 3.8) is 0 Å². The average Bonchev–Trinajstić information content (AvgIpc) is 3.38. The number of nitrogens with zero attached hydrogens (tertiary/aromatic N) is 4. The van der Waals surface area contributed by atoms with Crippen LogP contribution in [0.2, 0.25) is 5.02 Å². The molecule has 1 atom stereocenters. The van der Waals surface area contributed by atoms with Crippen molar-refractivity contribution in [2.24, 2.45) is 0 Å². The Labute approximate surface area is 173 Å². The molecular weight excluding hydrogens is 386 g/mol. The lowest BCUT2D eigenvalue weighted by Crippen LogP contribution is -2.34. The number of imidazole rings is 1. The first-order valence-electron chi connectivity index (χ1n) is 9.56. The molecular formula is C22H20ClN5O. The molecule has 2 aromatic carbocycles. The van der Waals surface area contributed by atoms with Crippen molar-refractivity contribution < 1.29 is 4.52 Å². The van der Waals surface area contributed by atoms with Crippen molar-refractivity contribution in [1.82, 2.24) is 25.0 Å². The number of rotatable bonds is 4. The molecule has 0 radical (unpaired) electrons. The Hall–Kier alpha value is -2.96. The second kappa shape index (κ2) is 7.46. The van der Waals surface area contributed by atoms with E-state index in [0.29, 0.717) is 11.7 Å². The number of H-pyrrole nitrogens is 1. The number of hydrogen-bond acceptors (Lipinski definition) is 5. The van der Waals surface area contributed by atoms with Crippen LogP contribution in [0, 0.1) is 6.92 Å². The molecule has 1 aliphatic rings. The van der Waals surface area contributed by atoms with Gasteiger partial charge in [0.15, 0.2) is 0 Å². The minimum absolute atomic E-state index is 0.0347. The summed E-state index contributed by atoms with van der Waals surface area (Å²) < 4.78 is 5.72. The maximum absolute atomic E-state index is 6.04. The molecule has 4 aromatic rings. The Bertz CT molecular complexity index is 1130. The van der Waals surface area contributed by atoms with E-state index in [1.54, 1.807) is 6.33 Å². The summed E-state index contributed by atoms with van der Waals surface area (Å²) in [5, 5.41) is 4.98. The predicted molar refractivity (Wildman–Crippen MR) is 110 cm³/mol. The van der Waals surface area contributed by atoms with Crippen LogP contribution in [0.3, 0.4) is 0 Å². The third kappa shape index (κ3) is 3.69. The Kier molecular flexibility index (Phi) is 4.66. The highest BCUT2D eigenvalue weighted by Crippen LogP contribution is 2.33. The molecule has 0 unspecified atom stereocenters. The summed E-state index contributed by atoms with van der Waals surface area (Å²) in [7, 11) is 0. The van der Waals surface area contributed by atoms with Crippen LogP contribution in [0.1, 0.15) is 34.4 Å². The quantitative estimate of drug-likeness (QED) is 0.531. The highest BCUT2D eigenvalue weighted by atomic mass is 35.5. The number of aromatic nitrogens is 4. The maximum atomic E-state index is 6.04. The Morgan fingerprint density at radius 1 is 1.21 bits per heavy atom. The molecule has 7 heteroatoms. The molecule has 29 heavy (non-hydrogen) atoms. The molecule has 0 saturated heterocycles.